The average molecular weight is 317 g/mol. The van der Waals surface area contributed by atoms with Crippen LogP contribution in [0.2, 0.25) is 10.0 Å². The van der Waals surface area contributed by atoms with Crippen LogP contribution >= 0.6 is 23.2 Å². The van der Waals surface area contributed by atoms with Crippen LogP contribution in [0.5, 0.6) is 0 Å². The van der Waals surface area contributed by atoms with Crippen LogP contribution in [0.1, 0.15) is 36.2 Å². The number of aromatic amines is 1. The summed E-state index contributed by atoms with van der Waals surface area (Å²) < 4.78 is 13.3. The first kappa shape index (κ1) is 14.7. The fraction of sp³-hybridized carbons (Fsp3) is 0.250. The molecule has 8 heteroatoms. The molecule has 0 bridgehead atoms. The predicted molar refractivity (Wildman–Crippen MR) is 74.8 cm³/mol. The van der Waals surface area contributed by atoms with E-state index in [1.807, 2.05) is 13.8 Å². The fourth-order valence-electron chi connectivity index (χ4n) is 1.45. The van der Waals surface area contributed by atoms with Gasteiger partial charge in [-0.1, -0.05) is 37.0 Å². The van der Waals surface area contributed by atoms with Gasteiger partial charge in [0.25, 0.3) is 5.91 Å². The maximum atomic E-state index is 13.3. The molecule has 1 aromatic heterocycles. The summed E-state index contributed by atoms with van der Waals surface area (Å²) >= 11 is 11.3. The first-order chi connectivity index (χ1) is 9.38. The van der Waals surface area contributed by atoms with Crippen molar-refractivity contribution in [1.82, 2.24) is 15.2 Å². The van der Waals surface area contributed by atoms with Gasteiger partial charge in [-0.3, -0.25) is 9.89 Å². The summed E-state index contributed by atoms with van der Waals surface area (Å²) in [7, 11) is 0. The number of benzene rings is 1. The molecule has 0 spiro atoms. The van der Waals surface area contributed by atoms with Crippen LogP contribution in [-0.4, -0.2) is 21.1 Å². The minimum Gasteiger partial charge on any atom is -0.319 e. The van der Waals surface area contributed by atoms with Gasteiger partial charge >= 0.3 is 0 Å². The van der Waals surface area contributed by atoms with Gasteiger partial charge in [0.05, 0.1) is 10.0 Å². The second kappa shape index (κ2) is 5.76. The second-order valence-electron chi connectivity index (χ2n) is 4.41. The first-order valence-electron chi connectivity index (χ1n) is 5.76. The monoisotopic (exact) mass is 316 g/mol. The van der Waals surface area contributed by atoms with E-state index in [1.165, 1.54) is 12.1 Å². The Kier molecular flexibility index (Phi) is 4.25. The molecular weight excluding hydrogens is 306 g/mol. The van der Waals surface area contributed by atoms with Gasteiger partial charge in [0.1, 0.15) is 5.82 Å². The van der Waals surface area contributed by atoms with Crippen LogP contribution in [0.15, 0.2) is 12.1 Å². The van der Waals surface area contributed by atoms with Gasteiger partial charge in [0.2, 0.25) is 5.82 Å². The number of aromatic nitrogens is 3. The summed E-state index contributed by atoms with van der Waals surface area (Å²) in [5, 5.41) is 8.63. The molecule has 1 amide bonds. The number of amides is 1. The largest absolute Gasteiger partial charge is 0.319 e. The molecule has 0 unspecified atom stereocenters. The maximum absolute atomic E-state index is 13.3. The van der Waals surface area contributed by atoms with Gasteiger partial charge in [0, 0.05) is 11.6 Å². The Bertz CT molecular complexity index is 634. The Labute approximate surface area is 124 Å². The van der Waals surface area contributed by atoms with E-state index in [0.29, 0.717) is 5.82 Å². The Balaban J connectivity index is 2.19. The molecule has 0 saturated carbocycles. The molecule has 2 rings (SSSR count). The zero-order valence-corrected chi connectivity index (χ0v) is 12.2. The number of rotatable bonds is 3. The van der Waals surface area contributed by atoms with Crippen molar-refractivity contribution in [3.8, 4) is 0 Å². The molecule has 0 radical (unpaired) electrons. The fourth-order valence-corrected chi connectivity index (χ4v) is 1.94. The van der Waals surface area contributed by atoms with E-state index in [1.54, 1.807) is 0 Å². The summed E-state index contributed by atoms with van der Waals surface area (Å²) in [4.78, 5) is 16.0. The first-order valence-corrected chi connectivity index (χ1v) is 6.52. The molecule has 1 aromatic carbocycles. The average Bonchev–Trinajstić information content (AvgIpc) is 2.85. The molecule has 0 saturated heterocycles. The van der Waals surface area contributed by atoms with Gasteiger partial charge in [0.15, 0.2) is 5.82 Å². The van der Waals surface area contributed by atoms with Crippen molar-refractivity contribution in [3.63, 3.8) is 0 Å². The maximum Gasteiger partial charge on any atom is 0.295 e. The normalized spacial score (nSPS) is 10.9. The minimum absolute atomic E-state index is 0.00901. The van der Waals surface area contributed by atoms with Gasteiger partial charge < -0.3 is 5.32 Å². The third-order valence-corrected chi connectivity index (χ3v) is 3.04. The number of hydrogen-bond donors (Lipinski definition) is 2. The third kappa shape index (κ3) is 3.08. The molecule has 0 aliphatic carbocycles. The molecule has 0 fully saturated rings. The molecule has 0 aliphatic rings. The number of H-pyrrole nitrogens is 1. The van der Waals surface area contributed by atoms with Crippen molar-refractivity contribution in [2.45, 2.75) is 19.8 Å². The van der Waals surface area contributed by atoms with Gasteiger partial charge in [-0.25, -0.2) is 9.37 Å². The lowest BCUT2D eigenvalue weighted by atomic mass is 10.2. The number of carbonyl (C=O) groups excluding carboxylic acids is 1. The van der Waals surface area contributed by atoms with Crippen molar-refractivity contribution >= 4 is 34.8 Å². The van der Waals surface area contributed by atoms with Crippen molar-refractivity contribution in [2.75, 3.05) is 5.32 Å². The molecule has 0 atom stereocenters. The highest BCUT2D eigenvalue weighted by Crippen LogP contribution is 2.27. The highest BCUT2D eigenvalue weighted by molar-refractivity contribution is 6.35. The number of carbonyl (C=O) groups is 1. The molecule has 2 aromatic rings. The van der Waals surface area contributed by atoms with Crippen LogP contribution in [0.4, 0.5) is 10.1 Å². The highest BCUT2D eigenvalue weighted by Gasteiger charge is 2.15. The van der Waals surface area contributed by atoms with Crippen LogP contribution in [0.25, 0.3) is 0 Å². The van der Waals surface area contributed by atoms with E-state index in [9.17, 15) is 9.18 Å². The van der Waals surface area contributed by atoms with Crippen molar-refractivity contribution < 1.29 is 9.18 Å². The van der Waals surface area contributed by atoms with E-state index in [2.05, 4.69) is 20.5 Å². The van der Waals surface area contributed by atoms with Crippen molar-refractivity contribution in [3.05, 3.63) is 39.6 Å². The van der Waals surface area contributed by atoms with Gasteiger partial charge in [-0.15, -0.1) is 5.10 Å². The van der Waals surface area contributed by atoms with Crippen LogP contribution in [-0.2, 0) is 0 Å². The van der Waals surface area contributed by atoms with Gasteiger partial charge in [-0.2, -0.15) is 0 Å². The molecule has 20 heavy (non-hydrogen) atoms. The summed E-state index contributed by atoms with van der Waals surface area (Å²) in [6, 6.07) is 2.52. The lowest BCUT2D eigenvalue weighted by molar-refractivity contribution is 0.101. The SMILES string of the molecule is CC(C)c1nc(C(=O)Nc2cc(Cl)c(F)c(Cl)c2)n[nH]1. The van der Waals surface area contributed by atoms with Crippen LogP contribution in [0.3, 0.4) is 0 Å². The van der Waals surface area contributed by atoms with Crippen LogP contribution < -0.4 is 5.32 Å². The van der Waals surface area contributed by atoms with E-state index < -0.39 is 11.7 Å². The summed E-state index contributed by atoms with van der Waals surface area (Å²) in [6.07, 6.45) is 0. The van der Waals surface area contributed by atoms with Gasteiger partial charge in [-0.05, 0) is 12.1 Å². The number of anilines is 1. The van der Waals surface area contributed by atoms with E-state index in [-0.39, 0.29) is 27.5 Å². The van der Waals surface area contributed by atoms with E-state index in [0.717, 1.165) is 0 Å². The molecule has 5 nitrogen and oxygen atoms in total. The number of nitrogens with zero attached hydrogens (tertiary/aromatic N) is 2. The molecule has 2 N–H and O–H groups in total. The Hall–Kier alpha value is -1.66. The number of halogens is 3. The van der Waals surface area contributed by atoms with E-state index in [4.69, 9.17) is 23.2 Å². The smallest absolute Gasteiger partial charge is 0.295 e. The highest BCUT2D eigenvalue weighted by atomic mass is 35.5. The minimum atomic E-state index is -0.730. The number of nitrogens with one attached hydrogen (secondary N) is 2. The Morgan fingerprint density at radius 2 is 1.95 bits per heavy atom. The topological polar surface area (TPSA) is 70.7 Å². The Morgan fingerprint density at radius 1 is 1.35 bits per heavy atom. The lowest BCUT2D eigenvalue weighted by Crippen LogP contribution is -2.14. The second-order valence-corrected chi connectivity index (χ2v) is 5.22. The third-order valence-electron chi connectivity index (χ3n) is 2.49. The molecule has 106 valence electrons. The summed E-state index contributed by atoms with van der Waals surface area (Å²) in [6.45, 7) is 3.84. The summed E-state index contributed by atoms with van der Waals surface area (Å²) in [5.74, 6) is -0.549. The zero-order valence-electron chi connectivity index (χ0n) is 10.7. The van der Waals surface area contributed by atoms with Crippen molar-refractivity contribution in [1.29, 1.82) is 0 Å². The summed E-state index contributed by atoms with van der Waals surface area (Å²) in [5.41, 5.74) is 0.266. The standard InChI is InChI=1S/C12H11Cl2FN4O/c1-5(2)10-17-11(19-18-10)12(20)16-6-3-7(13)9(15)8(14)4-6/h3-5H,1-2H3,(H,16,20)(H,17,18,19). The number of hydrogen-bond acceptors (Lipinski definition) is 3. The molecular formula is C12H11Cl2FN4O. The zero-order chi connectivity index (χ0) is 14.9. The van der Waals surface area contributed by atoms with Crippen molar-refractivity contribution in [2.24, 2.45) is 0 Å². The quantitative estimate of drug-likeness (QED) is 0.849. The molecule has 0 aliphatic heterocycles. The molecule has 1 heterocycles. The Morgan fingerprint density at radius 3 is 2.45 bits per heavy atom. The van der Waals surface area contributed by atoms with Crippen LogP contribution in [0, 0.1) is 5.82 Å². The lowest BCUT2D eigenvalue weighted by Gasteiger charge is -2.05. The van der Waals surface area contributed by atoms with E-state index >= 15 is 0 Å². The predicted octanol–water partition coefficient (Wildman–Crippen LogP) is 3.63.